The van der Waals surface area contributed by atoms with Gasteiger partial charge in [-0.2, -0.15) is 0 Å². The Bertz CT molecular complexity index is 168. The average Bonchev–Trinajstić information content (AvgIpc) is 2.69. The molecule has 2 N–H and O–H groups in total. The minimum atomic E-state index is 0.0436. The maximum atomic E-state index is 10.8. The molecule has 1 saturated heterocycles. The minimum Gasteiger partial charge on any atom is -0.378 e. The summed E-state index contributed by atoms with van der Waals surface area (Å²) in [7, 11) is 1.65. The van der Waals surface area contributed by atoms with E-state index in [0.29, 0.717) is 12.6 Å². The summed E-state index contributed by atoms with van der Waals surface area (Å²) in [5.74, 6) is 0.0436. The predicted octanol–water partition coefficient (Wildman–Crippen LogP) is 0.281. The fraction of sp³-hybridized carbons (Fsp3) is 0.900. The van der Waals surface area contributed by atoms with Crippen LogP contribution in [0, 0.1) is 0 Å². The fourth-order valence-electron chi connectivity index (χ4n) is 1.62. The third-order valence-electron chi connectivity index (χ3n) is 2.47. The van der Waals surface area contributed by atoms with E-state index in [9.17, 15) is 4.79 Å². The Kier molecular flexibility index (Phi) is 5.56. The highest BCUT2D eigenvalue weighted by Crippen LogP contribution is 2.16. The largest absolute Gasteiger partial charge is 0.378 e. The Balaban J connectivity index is 1.86. The van der Waals surface area contributed by atoms with Crippen LogP contribution in [0.2, 0.25) is 0 Å². The lowest BCUT2D eigenvalue weighted by Crippen LogP contribution is -2.32. The molecule has 1 aliphatic rings. The number of rotatable bonds is 6. The maximum Gasteiger partial charge on any atom is 0.233 e. The van der Waals surface area contributed by atoms with Crippen molar-refractivity contribution in [3.05, 3.63) is 0 Å². The first-order valence-electron chi connectivity index (χ1n) is 5.36. The lowest BCUT2D eigenvalue weighted by atomic mass is 10.1. The van der Waals surface area contributed by atoms with Gasteiger partial charge in [-0.3, -0.25) is 4.79 Å². The van der Waals surface area contributed by atoms with Gasteiger partial charge in [0, 0.05) is 13.7 Å². The highest BCUT2D eigenvalue weighted by atomic mass is 16.5. The molecule has 14 heavy (non-hydrogen) atoms. The smallest absolute Gasteiger partial charge is 0.233 e. The van der Waals surface area contributed by atoms with Crippen molar-refractivity contribution in [3.8, 4) is 0 Å². The highest BCUT2D eigenvalue weighted by molar-refractivity contribution is 5.77. The van der Waals surface area contributed by atoms with Crippen molar-refractivity contribution >= 4 is 5.91 Å². The summed E-state index contributed by atoms with van der Waals surface area (Å²) in [5.41, 5.74) is 0. The van der Waals surface area contributed by atoms with Crippen molar-refractivity contribution in [1.29, 1.82) is 0 Å². The molecule has 1 heterocycles. The van der Waals surface area contributed by atoms with Crippen LogP contribution >= 0.6 is 0 Å². The fourth-order valence-corrected chi connectivity index (χ4v) is 1.62. The van der Waals surface area contributed by atoms with Gasteiger partial charge in [-0.15, -0.1) is 0 Å². The van der Waals surface area contributed by atoms with Crippen molar-refractivity contribution in [3.63, 3.8) is 0 Å². The molecule has 0 aliphatic carbocycles. The standard InChI is InChI=1S/C10H20N2O2/c1-11-10(13)8-12-6-2-4-9-5-3-7-14-9/h9,12H,2-8H2,1H3,(H,11,13). The SMILES string of the molecule is CNC(=O)CNCCCC1CCCO1. The number of hydrogen-bond acceptors (Lipinski definition) is 3. The van der Waals surface area contributed by atoms with Crippen molar-refractivity contribution < 1.29 is 9.53 Å². The molecule has 0 bridgehead atoms. The number of amides is 1. The van der Waals surface area contributed by atoms with E-state index >= 15 is 0 Å². The summed E-state index contributed by atoms with van der Waals surface area (Å²) in [6.45, 7) is 2.24. The zero-order valence-corrected chi connectivity index (χ0v) is 8.84. The Hall–Kier alpha value is -0.610. The second-order valence-corrected chi connectivity index (χ2v) is 3.63. The summed E-state index contributed by atoms with van der Waals surface area (Å²) in [6, 6.07) is 0. The highest BCUT2D eigenvalue weighted by Gasteiger charge is 2.14. The van der Waals surface area contributed by atoms with E-state index < -0.39 is 0 Å². The van der Waals surface area contributed by atoms with Gasteiger partial charge in [0.2, 0.25) is 5.91 Å². The van der Waals surface area contributed by atoms with Crippen molar-refractivity contribution in [2.24, 2.45) is 0 Å². The zero-order chi connectivity index (χ0) is 10.2. The van der Waals surface area contributed by atoms with Crippen LogP contribution < -0.4 is 10.6 Å². The number of likely N-dealkylation sites (N-methyl/N-ethyl adjacent to an activating group) is 1. The van der Waals surface area contributed by atoms with E-state index in [-0.39, 0.29) is 5.91 Å². The van der Waals surface area contributed by atoms with Crippen LogP contribution in [0.1, 0.15) is 25.7 Å². The Labute approximate surface area is 85.4 Å². The molecule has 1 fully saturated rings. The molecule has 1 amide bonds. The van der Waals surface area contributed by atoms with Crippen LogP contribution in [0.25, 0.3) is 0 Å². The van der Waals surface area contributed by atoms with E-state index in [1.165, 1.54) is 12.8 Å². The number of hydrogen-bond donors (Lipinski definition) is 2. The van der Waals surface area contributed by atoms with Gasteiger partial charge in [0.05, 0.1) is 12.6 Å². The average molecular weight is 200 g/mol. The van der Waals surface area contributed by atoms with Crippen LogP contribution in [0.4, 0.5) is 0 Å². The molecule has 0 radical (unpaired) electrons. The zero-order valence-electron chi connectivity index (χ0n) is 8.84. The molecule has 1 aliphatic heterocycles. The lowest BCUT2D eigenvalue weighted by molar-refractivity contribution is -0.119. The van der Waals surface area contributed by atoms with Crippen LogP contribution in [-0.2, 0) is 9.53 Å². The van der Waals surface area contributed by atoms with Gasteiger partial charge in [0.15, 0.2) is 0 Å². The monoisotopic (exact) mass is 200 g/mol. The summed E-state index contributed by atoms with van der Waals surface area (Å²) < 4.78 is 5.49. The minimum absolute atomic E-state index is 0.0436. The number of nitrogens with one attached hydrogen (secondary N) is 2. The van der Waals surface area contributed by atoms with E-state index in [1.807, 2.05) is 0 Å². The first-order chi connectivity index (χ1) is 6.83. The van der Waals surface area contributed by atoms with Crippen molar-refractivity contribution in [2.45, 2.75) is 31.8 Å². The van der Waals surface area contributed by atoms with Crippen LogP contribution in [-0.4, -0.2) is 38.8 Å². The Morgan fingerprint density at radius 1 is 1.57 bits per heavy atom. The molecule has 1 rings (SSSR count). The molecular weight excluding hydrogens is 180 g/mol. The molecular formula is C10H20N2O2. The molecule has 1 atom stereocenters. The van der Waals surface area contributed by atoms with E-state index in [4.69, 9.17) is 4.74 Å². The third kappa shape index (κ3) is 4.58. The molecule has 0 aromatic heterocycles. The van der Waals surface area contributed by atoms with Gasteiger partial charge < -0.3 is 15.4 Å². The van der Waals surface area contributed by atoms with Gasteiger partial charge >= 0.3 is 0 Å². The molecule has 82 valence electrons. The Morgan fingerprint density at radius 2 is 2.43 bits per heavy atom. The predicted molar refractivity (Wildman–Crippen MR) is 55.1 cm³/mol. The second-order valence-electron chi connectivity index (χ2n) is 3.63. The van der Waals surface area contributed by atoms with E-state index in [1.54, 1.807) is 7.05 Å². The summed E-state index contributed by atoms with van der Waals surface area (Å²) in [5, 5.41) is 5.66. The lowest BCUT2D eigenvalue weighted by Gasteiger charge is -2.08. The molecule has 4 heteroatoms. The molecule has 4 nitrogen and oxygen atoms in total. The first-order valence-corrected chi connectivity index (χ1v) is 5.36. The summed E-state index contributed by atoms with van der Waals surface area (Å²) in [4.78, 5) is 10.8. The van der Waals surface area contributed by atoms with Gasteiger partial charge in [-0.25, -0.2) is 0 Å². The summed E-state index contributed by atoms with van der Waals surface area (Å²) >= 11 is 0. The quantitative estimate of drug-likeness (QED) is 0.606. The van der Waals surface area contributed by atoms with Gasteiger partial charge in [0.25, 0.3) is 0 Å². The van der Waals surface area contributed by atoms with E-state index in [0.717, 1.165) is 26.0 Å². The normalized spacial score (nSPS) is 21.1. The van der Waals surface area contributed by atoms with Crippen LogP contribution in [0.5, 0.6) is 0 Å². The topological polar surface area (TPSA) is 50.4 Å². The van der Waals surface area contributed by atoms with E-state index in [2.05, 4.69) is 10.6 Å². The summed E-state index contributed by atoms with van der Waals surface area (Å²) in [6.07, 6.45) is 5.07. The number of ether oxygens (including phenoxy) is 1. The van der Waals surface area contributed by atoms with Gasteiger partial charge in [-0.1, -0.05) is 0 Å². The first kappa shape index (κ1) is 11.5. The number of carbonyl (C=O) groups excluding carboxylic acids is 1. The molecule has 1 unspecified atom stereocenters. The molecule has 0 saturated carbocycles. The second kappa shape index (κ2) is 6.79. The van der Waals surface area contributed by atoms with Crippen molar-refractivity contribution in [2.75, 3.05) is 26.7 Å². The van der Waals surface area contributed by atoms with Crippen molar-refractivity contribution in [1.82, 2.24) is 10.6 Å². The third-order valence-corrected chi connectivity index (χ3v) is 2.47. The maximum absolute atomic E-state index is 10.8. The van der Waals surface area contributed by atoms with Gasteiger partial charge in [0.1, 0.15) is 0 Å². The van der Waals surface area contributed by atoms with Crippen LogP contribution in [0.15, 0.2) is 0 Å². The molecule has 0 aromatic carbocycles. The molecule has 0 spiro atoms. The Morgan fingerprint density at radius 3 is 3.07 bits per heavy atom. The number of carbonyl (C=O) groups is 1. The van der Waals surface area contributed by atoms with Gasteiger partial charge in [-0.05, 0) is 32.2 Å². The van der Waals surface area contributed by atoms with Crippen LogP contribution in [0.3, 0.4) is 0 Å². The molecule has 0 aromatic rings.